The molecule has 6 rings (SSSR count). The van der Waals surface area contributed by atoms with Gasteiger partial charge in [0.2, 0.25) is 0 Å². The fourth-order valence-electron chi connectivity index (χ4n) is 7.15. The van der Waals surface area contributed by atoms with Gasteiger partial charge in [-0.25, -0.2) is 0 Å². The van der Waals surface area contributed by atoms with E-state index >= 15 is 0 Å². The van der Waals surface area contributed by atoms with Gasteiger partial charge in [-0.05, 0) is 84.7 Å². The molecule has 3 heteroatoms. The van der Waals surface area contributed by atoms with Gasteiger partial charge < -0.3 is 9.15 Å². The Hall–Kier alpha value is -1.74. The Bertz CT molecular complexity index is 886. The molecule has 1 saturated heterocycles. The lowest BCUT2D eigenvalue weighted by Crippen LogP contribution is -2.47. The zero-order chi connectivity index (χ0) is 18.9. The molecule has 0 amide bonds. The van der Waals surface area contributed by atoms with E-state index in [-0.39, 0.29) is 0 Å². The molecule has 2 heterocycles. The zero-order valence-electron chi connectivity index (χ0n) is 17.1. The van der Waals surface area contributed by atoms with Crippen molar-refractivity contribution in [3.63, 3.8) is 0 Å². The summed E-state index contributed by atoms with van der Waals surface area (Å²) in [5, 5.41) is 0. The number of likely N-dealkylation sites (tertiary alicyclic amines) is 1. The molecule has 1 aliphatic heterocycles. The van der Waals surface area contributed by atoms with Gasteiger partial charge in [-0.15, -0.1) is 0 Å². The first kappa shape index (κ1) is 17.1. The highest BCUT2D eigenvalue weighted by Crippen LogP contribution is 2.79. The molecule has 28 heavy (non-hydrogen) atoms. The number of benzene rings is 1. The minimum atomic E-state index is 0.340. The van der Waals surface area contributed by atoms with Crippen LogP contribution in [0.5, 0.6) is 5.75 Å². The van der Waals surface area contributed by atoms with E-state index in [1.165, 1.54) is 45.2 Å². The van der Waals surface area contributed by atoms with E-state index in [2.05, 4.69) is 36.1 Å². The standard InChI is InChI=1S/C25H31NO2/c1-24-22-16-26(15-17-7-8-17)23(24)13-18-9-10-20(27-2)14-21(18)25(22,24)11-3-5-19-6-4-12-28-19/h4,6,9-10,12,14,17,22-23H,3,5,7-8,11,13,15-16H2,1-2H3/t22?,23?,24-,25-/m0/s1. The smallest absolute Gasteiger partial charge is 0.119 e. The van der Waals surface area contributed by atoms with Crippen molar-refractivity contribution in [3.8, 4) is 5.75 Å². The largest absolute Gasteiger partial charge is 0.497 e. The van der Waals surface area contributed by atoms with Crippen LogP contribution in [-0.2, 0) is 18.3 Å². The Morgan fingerprint density at radius 3 is 2.89 bits per heavy atom. The first-order valence-corrected chi connectivity index (χ1v) is 11.1. The second kappa shape index (κ2) is 5.89. The fraction of sp³-hybridized carbons (Fsp3) is 0.600. The summed E-state index contributed by atoms with van der Waals surface area (Å²) in [4.78, 5) is 2.86. The normalized spacial score (nSPS) is 35.5. The highest BCUT2D eigenvalue weighted by atomic mass is 16.5. The highest BCUT2D eigenvalue weighted by Gasteiger charge is 2.81. The molecule has 0 radical (unpaired) electrons. The molecule has 0 bridgehead atoms. The molecule has 3 nitrogen and oxygen atoms in total. The van der Waals surface area contributed by atoms with Crippen LogP contribution in [-0.4, -0.2) is 31.1 Å². The fourth-order valence-corrected chi connectivity index (χ4v) is 7.15. The summed E-state index contributed by atoms with van der Waals surface area (Å²) in [7, 11) is 1.80. The number of ether oxygens (including phenoxy) is 1. The van der Waals surface area contributed by atoms with Gasteiger partial charge >= 0.3 is 0 Å². The monoisotopic (exact) mass is 377 g/mol. The number of fused-ring (bicyclic) bond motifs is 3. The Morgan fingerprint density at radius 2 is 2.14 bits per heavy atom. The second-order valence-corrected chi connectivity index (χ2v) is 9.88. The number of rotatable bonds is 7. The third-order valence-electron chi connectivity index (χ3n) is 8.72. The van der Waals surface area contributed by atoms with E-state index in [0.717, 1.165) is 35.8 Å². The van der Waals surface area contributed by atoms with Crippen LogP contribution in [0.2, 0.25) is 0 Å². The van der Waals surface area contributed by atoms with Gasteiger partial charge in [0.05, 0.1) is 13.4 Å². The van der Waals surface area contributed by atoms with Crippen LogP contribution in [0.3, 0.4) is 0 Å². The van der Waals surface area contributed by atoms with Crippen LogP contribution in [0.1, 0.15) is 49.5 Å². The molecule has 3 aliphatic carbocycles. The van der Waals surface area contributed by atoms with E-state index in [1.54, 1.807) is 24.5 Å². The Balaban J connectivity index is 1.34. The molecule has 4 atom stereocenters. The van der Waals surface area contributed by atoms with Crippen LogP contribution in [0.4, 0.5) is 0 Å². The van der Waals surface area contributed by atoms with E-state index in [1.807, 2.05) is 6.07 Å². The van der Waals surface area contributed by atoms with Crippen molar-refractivity contribution in [2.45, 2.75) is 56.9 Å². The summed E-state index contributed by atoms with van der Waals surface area (Å²) < 4.78 is 11.2. The maximum Gasteiger partial charge on any atom is 0.119 e. The van der Waals surface area contributed by atoms with Gasteiger partial charge in [0.1, 0.15) is 11.5 Å². The summed E-state index contributed by atoms with van der Waals surface area (Å²) in [6.07, 6.45) is 9.44. The maximum absolute atomic E-state index is 5.63. The molecule has 1 aromatic heterocycles. The van der Waals surface area contributed by atoms with Gasteiger partial charge in [0.25, 0.3) is 0 Å². The number of hydrogen-bond acceptors (Lipinski definition) is 3. The molecule has 1 aromatic carbocycles. The lowest BCUT2D eigenvalue weighted by molar-refractivity contribution is 0.135. The first-order chi connectivity index (χ1) is 13.7. The van der Waals surface area contributed by atoms with Crippen LogP contribution in [0.25, 0.3) is 0 Å². The van der Waals surface area contributed by atoms with Crippen LogP contribution >= 0.6 is 0 Å². The number of methoxy groups -OCH3 is 1. The Morgan fingerprint density at radius 1 is 1.25 bits per heavy atom. The molecule has 148 valence electrons. The predicted molar refractivity (Wildman–Crippen MR) is 110 cm³/mol. The molecule has 2 saturated carbocycles. The third-order valence-corrected chi connectivity index (χ3v) is 8.72. The summed E-state index contributed by atoms with van der Waals surface area (Å²) in [6.45, 7) is 5.24. The number of furan rings is 1. The van der Waals surface area contributed by atoms with Gasteiger partial charge in [-0.3, -0.25) is 4.90 Å². The zero-order valence-corrected chi connectivity index (χ0v) is 17.1. The average molecular weight is 378 g/mol. The molecule has 2 unspecified atom stereocenters. The van der Waals surface area contributed by atoms with E-state index in [4.69, 9.17) is 9.15 Å². The van der Waals surface area contributed by atoms with Crippen LogP contribution in [0, 0.1) is 17.3 Å². The number of hydrogen-bond donors (Lipinski definition) is 0. The van der Waals surface area contributed by atoms with Crippen molar-refractivity contribution >= 4 is 0 Å². The van der Waals surface area contributed by atoms with Gasteiger partial charge in [-0.1, -0.05) is 13.0 Å². The van der Waals surface area contributed by atoms with Crippen molar-refractivity contribution < 1.29 is 9.15 Å². The number of nitrogens with zero attached hydrogens (tertiary/aromatic N) is 1. The lowest BCUT2D eigenvalue weighted by atomic mass is 9.70. The van der Waals surface area contributed by atoms with Gasteiger partial charge in [0, 0.05) is 31.0 Å². The van der Waals surface area contributed by atoms with Crippen molar-refractivity contribution in [1.82, 2.24) is 4.90 Å². The van der Waals surface area contributed by atoms with Crippen LogP contribution < -0.4 is 4.74 Å². The maximum atomic E-state index is 5.63. The van der Waals surface area contributed by atoms with Crippen molar-refractivity contribution in [2.75, 3.05) is 20.2 Å². The first-order valence-electron chi connectivity index (χ1n) is 11.1. The van der Waals surface area contributed by atoms with Crippen molar-refractivity contribution in [3.05, 3.63) is 53.5 Å². The van der Waals surface area contributed by atoms with Crippen molar-refractivity contribution in [1.29, 1.82) is 0 Å². The second-order valence-electron chi connectivity index (χ2n) is 9.88. The van der Waals surface area contributed by atoms with E-state index in [9.17, 15) is 0 Å². The highest BCUT2D eigenvalue weighted by molar-refractivity contribution is 5.55. The molecular formula is C25H31NO2. The predicted octanol–water partition coefficient (Wildman–Crippen LogP) is 4.84. The van der Waals surface area contributed by atoms with Crippen molar-refractivity contribution in [2.24, 2.45) is 17.3 Å². The molecule has 0 spiro atoms. The van der Waals surface area contributed by atoms with E-state index < -0.39 is 0 Å². The quantitative estimate of drug-likeness (QED) is 0.691. The van der Waals surface area contributed by atoms with Crippen LogP contribution in [0.15, 0.2) is 41.0 Å². The molecule has 2 aromatic rings. The summed E-state index contributed by atoms with van der Waals surface area (Å²) in [6, 6.07) is 11.7. The summed E-state index contributed by atoms with van der Waals surface area (Å²) in [5.74, 6) is 3.92. The Kier molecular flexibility index (Phi) is 3.60. The third kappa shape index (κ3) is 2.20. The average Bonchev–Trinajstić information content (AvgIpc) is 3.47. The van der Waals surface area contributed by atoms with Gasteiger partial charge in [0.15, 0.2) is 0 Å². The van der Waals surface area contributed by atoms with E-state index in [0.29, 0.717) is 10.8 Å². The molecule has 0 N–H and O–H groups in total. The van der Waals surface area contributed by atoms with Gasteiger partial charge in [-0.2, -0.15) is 0 Å². The molecule has 3 fully saturated rings. The minimum absolute atomic E-state index is 0.340. The Labute approximate surface area is 168 Å². The summed E-state index contributed by atoms with van der Waals surface area (Å²) in [5.41, 5.74) is 3.95. The number of aryl methyl sites for hydroxylation is 1. The minimum Gasteiger partial charge on any atom is -0.497 e. The number of piperidine rings is 1. The SMILES string of the molecule is COc1ccc2c(c1)[C@@]1(CCCc3ccco3)C3CN(CC4CC4)C(C2)[C@]31C. The molecular weight excluding hydrogens is 346 g/mol. The topological polar surface area (TPSA) is 25.6 Å². The lowest BCUT2D eigenvalue weighted by Gasteiger charge is -2.43. The summed E-state index contributed by atoms with van der Waals surface area (Å²) >= 11 is 0. The molecule has 4 aliphatic rings.